The molecule has 4 atom stereocenters. The number of primary amides is 1. The summed E-state index contributed by atoms with van der Waals surface area (Å²) in [6.07, 6.45) is -1.50. The Kier molecular flexibility index (Phi) is 10.9. The highest BCUT2D eigenvalue weighted by atomic mass is 16.4. The van der Waals surface area contributed by atoms with Crippen LogP contribution in [0.25, 0.3) is 0 Å². The van der Waals surface area contributed by atoms with Gasteiger partial charge in [0.15, 0.2) is 0 Å². The Hall–Kier alpha value is -3.26. The number of carboxylic acids is 2. The first kappa shape index (κ1) is 25.7. The molecule has 0 aromatic carbocycles. The zero-order chi connectivity index (χ0) is 22.7. The summed E-state index contributed by atoms with van der Waals surface area (Å²) in [6, 6.07) is -5.63. The number of carbonyl (C=O) groups is 6. The summed E-state index contributed by atoms with van der Waals surface area (Å²) in [5.74, 6) is -6.53. The fourth-order valence-corrected chi connectivity index (χ4v) is 1.98. The summed E-state index contributed by atoms with van der Waals surface area (Å²) in [7, 11) is 0. The van der Waals surface area contributed by atoms with E-state index < -0.39 is 79.2 Å². The molecule has 0 saturated heterocycles. The van der Waals surface area contributed by atoms with Crippen molar-refractivity contribution in [3.8, 4) is 0 Å². The van der Waals surface area contributed by atoms with Crippen LogP contribution in [-0.4, -0.2) is 81.7 Å². The third kappa shape index (κ3) is 10.0. The molecule has 0 aliphatic carbocycles. The van der Waals surface area contributed by atoms with Gasteiger partial charge in [0.1, 0.15) is 24.2 Å². The molecule has 10 N–H and O–H groups in total. The molecule has 0 spiro atoms. The van der Waals surface area contributed by atoms with Crippen molar-refractivity contribution in [2.45, 2.75) is 50.4 Å². The van der Waals surface area contributed by atoms with Gasteiger partial charge in [-0.2, -0.15) is 0 Å². The van der Waals surface area contributed by atoms with Crippen LogP contribution in [0, 0.1) is 0 Å². The monoisotopic (exact) mass is 419 g/mol. The van der Waals surface area contributed by atoms with Crippen LogP contribution in [0.5, 0.6) is 0 Å². The Morgan fingerprint density at radius 1 is 0.897 bits per heavy atom. The Balaban J connectivity index is 5.08. The Morgan fingerprint density at radius 3 is 1.90 bits per heavy atom. The third-order valence-corrected chi connectivity index (χ3v) is 3.59. The fourth-order valence-electron chi connectivity index (χ4n) is 1.98. The van der Waals surface area contributed by atoms with Gasteiger partial charge in [-0.3, -0.25) is 24.0 Å². The molecule has 0 radical (unpaired) electrons. The molecule has 0 aliphatic rings. The lowest BCUT2D eigenvalue weighted by Crippen LogP contribution is -2.57. The fraction of sp³-hybridized carbons (Fsp3) is 0.600. The van der Waals surface area contributed by atoms with E-state index in [-0.39, 0.29) is 6.42 Å². The van der Waals surface area contributed by atoms with Gasteiger partial charge in [-0.15, -0.1) is 0 Å². The van der Waals surface area contributed by atoms with E-state index in [0.717, 1.165) is 0 Å². The average Bonchev–Trinajstić information content (AvgIpc) is 2.62. The highest BCUT2D eigenvalue weighted by Crippen LogP contribution is 2.01. The largest absolute Gasteiger partial charge is 0.481 e. The zero-order valence-electron chi connectivity index (χ0n) is 15.6. The molecule has 0 aromatic heterocycles. The lowest BCUT2D eigenvalue weighted by Gasteiger charge is -2.22. The van der Waals surface area contributed by atoms with Crippen LogP contribution in [0.1, 0.15) is 26.2 Å². The van der Waals surface area contributed by atoms with Crippen molar-refractivity contribution in [1.29, 1.82) is 0 Å². The minimum Gasteiger partial charge on any atom is -0.481 e. The molecule has 0 bridgehead atoms. The molecule has 164 valence electrons. The summed E-state index contributed by atoms with van der Waals surface area (Å²) in [5.41, 5.74) is 10.2. The number of carboxylic acid groups (broad SMARTS) is 2. The molecule has 0 aromatic rings. The van der Waals surface area contributed by atoms with Crippen molar-refractivity contribution >= 4 is 35.6 Å². The molecule has 14 nitrogen and oxygen atoms in total. The van der Waals surface area contributed by atoms with Gasteiger partial charge in [0.25, 0.3) is 0 Å². The van der Waals surface area contributed by atoms with E-state index in [9.17, 15) is 28.8 Å². The van der Waals surface area contributed by atoms with Crippen LogP contribution in [0.3, 0.4) is 0 Å². The molecule has 0 heterocycles. The number of rotatable bonds is 13. The standard InChI is InChI=1S/C15H25N5O9/c1-6(12(25)20-9(15(28)29)4-10(17)22)18-14(27)8(2-3-11(23)24)19-13(26)7(16)5-21/h6-9,21H,2-5,16H2,1H3,(H2,17,22)(H,18,27)(H,19,26)(H,20,25)(H,23,24)(H,28,29). The second kappa shape index (κ2) is 12.2. The van der Waals surface area contributed by atoms with Crippen molar-refractivity contribution in [3.05, 3.63) is 0 Å². The highest BCUT2D eigenvalue weighted by molar-refractivity contribution is 5.94. The second-order valence-corrected chi connectivity index (χ2v) is 6.08. The van der Waals surface area contributed by atoms with Crippen LogP contribution in [0.15, 0.2) is 0 Å². The first-order valence-electron chi connectivity index (χ1n) is 8.39. The number of nitrogens with one attached hydrogen (secondary N) is 3. The molecule has 14 heteroatoms. The second-order valence-electron chi connectivity index (χ2n) is 6.08. The summed E-state index contributed by atoms with van der Waals surface area (Å²) >= 11 is 0. The summed E-state index contributed by atoms with van der Waals surface area (Å²) in [6.45, 7) is 0.486. The molecule has 0 rings (SSSR count). The normalized spacial score (nSPS) is 14.6. The molecule has 4 amide bonds. The minimum atomic E-state index is -1.61. The Bertz CT molecular complexity index is 654. The van der Waals surface area contributed by atoms with Crippen molar-refractivity contribution in [1.82, 2.24) is 16.0 Å². The van der Waals surface area contributed by atoms with Gasteiger partial charge in [-0.05, 0) is 13.3 Å². The van der Waals surface area contributed by atoms with Crippen LogP contribution in [0.4, 0.5) is 0 Å². The maximum absolute atomic E-state index is 12.3. The number of aliphatic carboxylic acids is 2. The van der Waals surface area contributed by atoms with E-state index in [1.807, 2.05) is 5.32 Å². The van der Waals surface area contributed by atoms with Crippen LogP contribution < -0.4 is 27.4 Å². The molecular formula is C15H25N5O9. The number of hydrogen-bond donors (Lipinski definition) is 8. The topological polar surface area (TPSA) is 251 Å². The van der Waals surface area contributed by atoms with E-state index in [4.69, 9.17) is 26.8 Å². The zero-order valence-corrected chi connectivity index (χ0v) is 15.6. The first-order valence-corrected chi connectivity index (χ1v) is 8.39. The smallest absolute Gasteiger partial charge is 0.326 e. The molecular weight excluding hydrogens is 394 g/mol. The van der Waals surface area contributed by atoms with Crippen molar-refractivity contribution in [3.63, 3.8) is 0 Å². The molecule has 0 fully saturated rings. The van der Waals surface area contributed by atoms with Gasteiger partial charge in [-0.1, -0.05) is 0 Å². The Labute approximate surface area is 165 Å². The lowest BCUT2D eigenvalue weighted by atomic mass is 10.1. The van der Waals surface area contributed by atoms with Gasteiger partial charge in [0, 0.05) is 6.42 Å². The number of carbonyl (C=O) groups excluding carboxylic acids is 4. The first-order chi connectivity index (χ1) is 13.4. The van der Waals surface area contributed by atoms with Crippen LogP contribution >= 0.6 is 0 Å². The predicted molar refractivity (Wildman–Crippen MR) is 94.8 cm³/mol. The van der Waals surface area contributed by atoms with Gasteiger partial charge in [-0.25, -0.2) is 4.79 Å². The van der Waals surface area contributed by atoms with Crippen LogP contribution in [0.2, 0.25) is 0 Å². The molecule has 4 unspecified atom stereocenters. The number of amides is 4. The number of nitrogens with two attached hydrogens (primary N) is 2. The van der Waals surface area contributed by atoms with Crippen LogP contribution in [-0.2, 0) is 28.8 Å². The number of hydrogen-bond acceptors (Lipinski definition) is 8. The number of aliphatic hydroxyl groups excluding tert-OH is 1. The SMILES string of the molecule is CC(NC(=O)C(CCC(=O)O)NC(=O)C(N)CO)C(=O)NC(CC(N)=O)C(=O)O. The third-order valence-electron chi connectivity index (χ3n) is 3.59. The van der Waals surface area contributed by atoms with Gasteiger partial charge >= 0.3 is 11.9 Å². The van der Waals surface area contributed by atoms with Crippen molar-refractivity contribution in [2.24, 2.45) is 11.5 Å². The maximum atomic E-state index is 12.3. The van der Waals surface area contributed by atoms with E-state index in [1.54, 1.807) is 0 Å². The minimum absolute atomic E-state index is 0.335. The van der Waals surface area contributed by atoms with Gasteiger partial charge < -0.3 is 42.7 Å². The van der Waals surface area contributed by atoms with E-state index in [2.05, 4.69) is 10.6 Å². The molecule has 29 heavy (non-hydrogen) atoms. The van der Waals surface area contributed by atoms with Crippen molar-refractivity contribution < 1.29 is 44.1 Å². The summed E-state index contributed by atoms with van der Waals surface area (Å²) in [4.78, 5) is 68.8. The van der Waals surface area contributed by atoms with Gasteiger partial charge in [0.2, 0.25) is 23.6 Å². The van der Waals surface area contributed by atoms with E-state index >= 15 is 0 Å². The highest BCUT2D eigenvalue weighted by Gasteiger charge is 2.29. The lowest BCUT2D eigenvalue weighted by molar-refractivity contribution is -0.143. The quantitative estimate of drug-likeness (QED) is 0.142. The molecule has 0 aliphatic heterocycles. The average molecular weight is 419 g/mol. The molecule has 0 saturated carbocycles. The number of aliphatic hydroxyl groups is 1. The summed E-state index contributed by atoms with van der Waals surface area (Å²) in [5, 5.41) is 33.0. The van der Waals surface area contributed by atoms with E-state index in [0.29, 0.717) is 0 Å². The van der Waals surface area contributed by atoms with Gasteiger partial charge in [0.05, 0.1) is 13.0 Å². The van der Waals surface area contributed by atoms with Crippen molar-refractivity contribution in [2.75, 3.05) is 6.61 Å². The predicted octanol–water partition coefficient (Wildman–Crippen LogP) is -4.39. The summed E-state index contributed by atoms with van der Waals surface area (Å²) < 4.78 is 0. The Morgan fingerprint density at radius 2 is 1.45 bits per heavy atom. The maximum Gasteiger partial charge on any atom is 0.326 e. The van der Waals surface area contributed by atoms with E-state index in [1.165, 1.54) is 6.92 Å².